The molecule has 2 N–H and O–H groups in total. The lowest BCUT2D eigenvalue weighted by atomic mass is 9.95. The maximum Gasteiger partial charge on any atom is 0.407 e. The first-order valence-corrected chi connectivity index (χ1v) is 16.4. The quantitative estimate of drug-likeness (QED) is 0.278. The molecule has 0 spiro atoms. The van der Waals surface area contributed by atoms with Gasteiger partial charge in [-0.1, -0.05) is 30.3 Å². The molecular formula is C35H46N6O6. The Balaban J connectivity index is 1.22. The van der Waals surface area contributed by atoms with Crippen molar-refractivity contribution >= 4 is 23.6 Å². The maximum absolute atomic E-state index is 14.0. The van der Waals surface area contributed by atoms with Gasteiger partial charge in [-0.25, -0.2) is 4.79 Å². The van der Waals surface area contributed by atoms with E-state index in [0.29, 0.717) is 51.7 Å². The predicted octanol–water partition coefficient (Wildman–Crippen LogP) is 4.34. The predicted molar refractivity (Wildman–Crippen MR) is 178 cm³/mol. The Morgan fingerprint density at radius 3 is 2.45 bits per heavy atom. The van der Waals surface area contributed by atoms with E-state index < -0.39 is 11.7 Å². The van der Waals surface area contributed by atoms with Crippen LogP contribution in [0.5, 0.6) is 5.75 Å². The second-order valence-corrected chi connectivity index (χ2v) is 12.6. The van der Waals surface area contributed by atoms with Crippen LogP contribution in [0.15, 0.2) is 60.9 Å². The molecule has 12 nitrogen and oxygen atoms in total. The van der Waals surface area contributed by atoms with Crippen LogP contribution in [0.4, 0.5) is 10.5 Å². The summed E-state index contributed by atoms with van der Waals surface area (Å²) >= 11 is 0. The number of piperidine rings is 1. The summed E-state index contributed by atoms with van der Waals surface area (Å²) in [5, 5.41) is 16.1. The molecule has 3 heterocycles. The monoisotopic (exact) mass is 646 g/mol. The smallest absolute Gasteiger partial charge is 0.407 e. The number of ether oxygens (including phenoxy) is 2. The average Bonchev–Trinajstić information content (AvgIpc) is 3.63. The minimum absolute atomic E-state index is 0.121. The molecule has 0 unspecified atom stereocenters. The first kappa shape index (κ1) is 33.8. The molecule has 0 radical (unpaired) electrons. The van der Waals surface area contributed by atoms with Crippen LogP contribution in [-0.2, 0) is 20.9 Å². The molecule has 47 heavy (non-hydrogen) atoms. The Kier molecular flexibility index (Phi) is 11.0. The van der Waals surface area contributed by atoms with Gasteiger partial charge < -0.3 is 34.2 Å². The van der Waals surface area contributed by atoms with Gasteiger partial charge in [0.2, 0.25) is 5.91 Å². The topological polar surface area (TPSA) is 132 Å². The van der Waals surface area contributed by atoms with Crippen LogP contribution in [0.25, 0.3) is 11.1 Å². The van der Waals surface area contributed by atoms with Crippen molar-refractivity contribution in [3.63, 3.8) is 0 Å². The van der Waals surface area contributed by atoms with Crippen LogP contribution >= 0.6 is 0 Å². The van der Waals surface area contributed by atoms with Gasteiger partial charge in [0.15, 0.2) is 5.60 Å². The summed E-state index contributed by atoms with van der Waals surface area (Å²) in [7, 11) is 0. The molecule has 3 amide bonds. The molecule has 2 aliphatic rings. The second-order valence-electron chi connectivity index (χ2n) is 12.6. The molecule has 1 atom stereocenters. The van der Waals surface area contributed by atoms with E-state index in [1.54, 1.807) is 24.9 Å². The van der Waals surface area contributed by atoms with Crippen molar-refractivity contribution in [1.82, 2.24) is 24.9 Å². The molecule has 2 saturated heterocycles. The van der Waals surface area contributed by atoms with Gasteiger partial charge in [-0.2, -0.15) is 5.10 Å². The largest absolute Gasteiger partial charge is 0.478 e. The molecular weight excluding hydrogens is 600 g/mol. The molecule has 0 saturated carbocycles. The van der Waals surface area contributed by atoms with E-state index in [1.807, 2.05) is 42.3 Å². The fourth-order valence-corrected chi connectivity index (χ4v) is 6.25. The van der Waals surface area contributed by atoms with Crippen molar-refractivity contribution in [2.24, 2.45) is 5.92 Å². The van der Waals surface area contributed by atoms with E-state index in [2.05, 4.69) is 39.4 Å². The highest BCUT2D eigenvalue weighted by Crippen LogP contribution is 2.30. The Bertz CT molecular complexity index is 1490. The number of aromatic nitrogens is 2. The molecule has 2 fully saturated rings. The number of hydrogen-bond donors (Lipinski definition) is 2. The van der Waals surface area contributed by atoms with Gasteiger partial charge in [0.25, 0.3) is 5.91 Å². The highest BCUT2D eigenvalue weighted by atomic mass is 16.5. The maximum atomic E-state index is 14.0. The fourth-order valence-electron chi connectivity index (χ4n) is 6.25. The van der Waals surface area contributed by atoms with Crippen molar-refractivity contribution in [3.05, 3.63) is 66.5 Å². The Morgan fingerprint density at radius 2 is 1.77 bits per heavy atom. The second kappa shape index (κ2) is 15.3. The standard InChI is InChI=1S/C35H46N6O6/c1-4-46-20-19-41(24-26-10-12-27(13-11-26)29-22-36-37-23-29)32(42)28-7-6-14-40(25-28)30-8-5-9-31(21-30)47-35(2,3)33(43)38-15-17-39(18-16-38)34(44)45/h5,8-13,21-23,28H,4,6-7,14-20,24-25H2,1-3H3,(H,36,37)(H,44,45)/t28-/m1/s1. The van der Waals surface area contributed by atoms with Gasteiger partial charge in [-0.3, -0.25) is 14.7 Å². The third kappa shape index (κ3) is 8.62. The Morgan fingerprint density at radius 1 is 1.02 bits per heavy atom. The number of H-pyrrole nitrogens is 1. The number of rotatable bonds is 12. The number of hydrogen-bond acceptors (Lipinski definition) is 7. The number of carboxylic acid groups (broad SMARTS) is 1. The van der Waals surface area contributed by atoms with Gasteiger partial charge >= 0.3 is 6.09 Å². The lowest BCUT2D eigenvalue weighted by Crippen LogP contribution is -2.56. The average molecular weight is 647 g/mol. The number of amides is 3. The molecule has 3 aromatic rings. The van der Waals surface area contributed by atoms with Crippen LogP contribution < -0.4 is 9.64 Å². The number of anilines is 1. The third-order valence-corrected chi connectivity index (χ3v) is 8.86. The summed E-state index contributed by atoms with van der Waals surface area (Å²) in [6.07, 6.45) is 4.37. The van der Waals surface area contributed by atoms with Crippen molar-refractivity contribution in [3.8, 4) is 16.9 Å². The van der Waals surface area contributed by atoms with Crippen LogP contribution in [0.1, 0.15) is 39.2 Å². The highest BCUT2D eigenvalue weighted by molar-refractivity contribution is 5.85. The summed E-state index contributed by atoms with van der Waals surface area (Å²) in [4.78, 5) is 45.7. The van der Waals surface area contributed by atoms with Gasteiger partial charge in [-0.15, -0.1) is 0 Å². The van der Waals surface area contributed by atoms with Crippen molar-refractivity contribution in [2.45, 2.75) is 45.8 Å². The molecule has 0 aliphatic carbocycles. The molecule has 1 aromatic heterocycles. The van der Waals surface area contributed by atoms with E-state index in [-0.39, 0.29) is 30.8 Å². The Hall–Kier alpha value is -4.58. The van der Waals surface area contributed by atoms with Gasteiger partial charge in [0.1, 0.15) is 5.75 Å². The lowest BCUT2D eigenvalue weighted by molar-refractivity contribution is -0.147. The molecule has 2 aromatic carbocycles. The van der Waals surface area contributed by atoms with Crippen LogP contribution in [0, 0.1) is 5.92 Å². The zero-order chi connectivity index (χ0) is 33.4. The van der Waals surface area contributed by atoms with Crippen LogP contribution in [0.3, 0.4) is 0 Å². The normalized spacial score (nSPS) is 17.0. The lowest BCUT2D eigenvalue weighted by Gasteiger charge is -2.38. The SMILES string of the molecule is CCOCCN(Cc1ccc(-c2cn[nH]c2)cc1)C(=O)[C@@H]1CCCN(c2cccc(OC(C)(C)C(=O)N3CCN(C(=O)O)CC3)c2)C1. The zero-order valence-corrected chi connectivity index (χ0v) is 27.6. The molecule has 5 rings (SSSR count). The molecule has 2 aliphatic heterocycles. The fraction of sp³-hybridized carbons (Fsp3) is 0.486. The number of nitrogens with zero attached hydrogens (tertiary/aromatic N) is 5. The summed E-state index contributed by atoms with van der Waals surface area (Å²) in [5.74, 6) is 0.341. The van der Waals surface area contributed by atoms with Crippen LogP contribution in [-0.4, -0.2) is 113 Å². The summed E-state index contributed by atoms with van der Waals surface area (Å²) < 4.78 is 11.9. The number of benzene rings is 2. The number of carbonyl (C=O) groups excluding carboxylic acids is 2. The van der Waals surface area contributed by atoms with E-state index in [0.717, 1.165) is 41.8 Å². The minimum atomic E-state index is -1.14. The summed E-state index contributed by atoms with van der Waals surface area (Å²) in [6, 6.07) is 15.9. The van der Waals surface area contributed by atoms with Crippen LogP contribution in [0.2, 0.25) is 0 Å². The molecule has 12 heteroatoms. The first-order chi connectivity index (χ1) is 22.6. The number of piperazine rings is 1. The number of aromatic amines is 1. The minimum Gasteiger partial charge on any atom is -0.478 e. The van der Waals surface area contributed by atoms with E-state index >= 15 is 0 Å². The summed E-state index contributed by atoms with van der Waals surface area (Å²) in [6.45, 7) is 10.2. The Labute approximate surface area is 276 Å². The van der Waals surface area contributed by atoms with Gasteiger partial charge in [0.05, 0.1) is 18.7 Å². The summed E-state index contributed by atoms with van der Waals surface area (Å²) in [5.41, 5.74) is 2.94. The third-order valence-electron chi connectivity index (χ3n) is 8.86. The van der Waals surface area contributed by atoms with Crippen molar-refractivity contribution in [2.75, 3.05) is 63.9 Å². The first-order valence-electron chi connectivity index (χ1n) is 16.4. The number of nitrogens with one attached hydrogen (secondary N) is 1. The van der Waals surface area contributed by atoms with Crippen molar-refractivity contribution < 1.29 is 29.0 Å². The van der Waals surface area contributed by atoms with Gasteiger partial charge in [-0.05, 0) is 56.9 Å². The number of carbonyl (C=O) groups is 3. The highest BCUT2D eigenvalue weighted by Gasteiger charge is 2.37. The van der Waals surface area contributed by atoms with E-state index in [1.165, 1.54) is 4.90 Å². The van der Waals surface area contributed by atoms with Crippen molar-refractivity contribution in [1.29, 1.82) is 0 Å². The van der Waals surface area contributed by atoms with Gasteiger partial charge in [0, 0.05) is 82.5 Å². The van der Waals surface area contributed by atoms with E-state index in [4.69, 9.17) is 9.47 Å². The molecule has 0 bridgehead atoms. The zero-order valence-electron chi connectivity index (χ0n) is 27.6. The molecule has 252 valence electrons. The van der Waals surface area contributed by atoms with E-state index in [9.17, 15) is 19.5 Å².